The second kappa shape index (κ2) is 5.63. The summed E-state index contributed by atoms with van der Waals surface area (Å²) in [6.07, 6.45) is 3.91. The fraction of sp³-hybridized carbons (Fsp3) is 0.444. The predicted molar refractivity (Wildman–Crippen MR) is 84.8 cm³/mol. The van der Waals surface area contributed by atoms with Gasteiger partial charge in [0.05, 0.1) is 38.3 Å². The molecule has 0 saturated carbocycles. The van der Waals surface area contributed by atoms with Crippen LogP contribution in [0.2, 0.25) is 0 Å². The Morgan fingerprint density at radius 1 is 1.00 bits per heavy atom. The predicted octanol–water partition coefficient (Wildman–Crippen LogP) is 1.18. The second-order valence-electron chi connectivity index (χ2n) is 6.27. The fourth-order valence-electron chi connectivity index (χ4n) is 3.86. The van der Waals surface area contributed by atoms with E-state index in [9.17, 15) is 9.59 Å². The molecule has 2 fully saturated rings. The van der Waals surface area contributed by atoms with Crippen LogP contribution in [0.5, 0.6) is 11.5 Å². The third kappa shape index (κ3) is 2.13. The van der Waals surface area contributed by atoms with Gasteiger partial charge < -0.3 is 14.2 Å². The number of imide groups is 1. The number of carbonyl (C=O) groups is 2. The van der Waals surface area contributed by atoms with Gasteiger partial charge in [0.15, 0.2) is 11.5 Å². The first-order valence-electron chi connectivity index (χ1n) is 8.04. The Hall–Kier alpha value is -2.34. The molecule has 1 aromatic rings. The first-order valence-corrected chi connectivity index (χ1v) is 8.04. The van der Waals surface area contributed by atoms with Crippen LogP contribution in [-0.2, 0) is 20.7 Å². The maximum absolute atomic E-state index is 12.6. The summed E-state index contributed by atoms with van der Waals surface area (Å²) < 4.78 is 16.1. The lowest BCUT2D eigenvalue weighted by atomic mass is 9.85. The van der Waals surface area contributed by atoms with Crippen molar-refractivity contribution in [3.05, 3.63) is 35.9 Å². The van der Waals surface area contributed by atoms with Crippen LogP contribution >= 0.6 is 0 Å². The Kier molecular flexibility index (Phi) is 3.57. The van der Waals surface area contributed by atoms with Crippen LogP contribution in [0, 0.1) is 11.8 Å². The van der Waals surface area contributed by atoms with Crippen molar-refractivity contribution in [3.8, 4) is 11.5 Å². The number of rotatable bonds is 5. The number of amides is 2. The average molecular weight is 329 g/mol. The Bertz CT molecular complexity index is 698. The average Bonchev–Trinajstić information content (AvgIpc) is 3.27. The number of nitrogens with zero attached hydrogens (tertiary/aromatic N) is 1. The van der Waals surface area contributed by atoms with Gasteiger partial charge in [0.1, 0.15) is 0 Å². The van der Waals surface area contributed by atoms with Crippen LogP contribution < -0.4 is 9.47 Å². The lowest BCUT2D eigenvalue weighted by molar-refractivity contribution is -0.142. The molecule has 2 amide bonds. The van der Waals surface area contributed by atoms with E-state index < -0.39 is 0 Å². The van der Waals surface area contributed by atoms with Crippen molar-refractivity contribution in [1.29, 1.82) is 0 Å². The molecule has 2 bridgehead atoms. The molecule has 3 aliphatic rings. The molecule has 6 heteroatoms. The van der Waals surface area contributed by atoms with E-state index in [2.05, 4.69) is 0 Å². The number of ether oxygens (including phenoxy) is 3. The van der Waals surface area contributed by atoms with E-state index in [4.69, 9.17) is 14.2 Å². The monoisotopic (exact) mass is 329 g/mol. The van der Waals surface area contributed by atoms with E-state index in [1.165, 1.54) is 4.90 Å². The first-order chi connectivity index (χ1) is 11.6. The van der Waals surface area contributed by atoms with Gasteiger partial charge in [-0.3, -0.25) is 14.5 Å². The molecule has 4 rings (SSSR count). The van der Waals surface area contributed by atoms with Crippen molar-refractivity contribution in [2.75, 3.05) is 20.8 Å². The molecule has 2 saturated heterocycles. The molecule has 6 nitrogen and oxygen atoms in total. The van der Waals surface area contributed by atoms with E-state index in [1.54, 1.807) is 14.2 Å². The van der Waals surface area contributed by atoms with Crippen molar-refractivity contribution in [2.45, 2.75) is 18.6 Å². The zero-order chi connectivity index (χ0) is 16.8. The standard InChI is InChI=1S/C18H19NO5/c1-22-11-4-3-10(9-14(11)23-2)7-8-19-17(20)15-12-5-6-13(24-12)16(15)18(19)21/h3-6,9,12-13,15-16H,7-8H2,1-2H3/t12-,13-,15-,16-/m0/s1. The Morgan fingerprint density at radius 3 is 2.21 bits per heavy atom. The highest BCUT2D eigenvalue weighted by Gasteiger charge is 2.60. The molecular formula is C18H19NO5. The zero-order valence-corrected chi connectivity index (χ0v) is 13.6. The van der Waals surface area contributed by atoms with Gasteiger partial charge in [-0.05, 0) is 24.1 Å². The molecule has 0 spiro atoms. The lowest BCUT2D eigenvalue weighted by Gasteiger charge is -2.18. The molecule has 126 valence electrons. The van der Waals surface area contributed by atoms with E-state index in [-0.39, 0.29) is 35.9 Å². The first kappa shape index (κ1) is 15.2. The van der Waals surface area contributed by atoms with Gasteiger partial charge in [-0.2, -0.15) is 0 Å². The summed E-state index contributed by atoms with van der Waals surface area (Å²) in [7, 11) is 3.17. The number of methoxy groups -OCH3 is 2. The number of carbonyl (C=O) groups excluding carboxylic acids is 2. The summed E-state index contributed by atoms with van der Waals surface area (Å²) in [5.74, 6) is 0.408. The van der Waals surface area contributed by atoms with Crippen LogP contribution in [0.15, 0.2) is 30.4 Å². The van der Waals surface area contributed by atoms with Crippen molar-refractivity contribution in [1.82, 2.24) is 4.90 Å². The van der Waals surface area contributed by atoms with Crippen LogP contribution in [0.4, 0.5) is 0 Å². The maximum atomic E-state index is 12.6. The number of benzene rings is 1. The highest BCUT2D eigenvalue weighted by Crippen LogP contribution is 2.45. The van der Waals surface area contributed by atoms with Gasteiger partial charge in [-0.15, -0.1) is 0 Å². The molecule has 1 aromatic carbocycles. The summed E-state index contributed by atoms with van der Waals surface area (Å²) in [6.45, 7) is 0.375. The van der Waals surface area contributed by atoms with Crippen LogP contribution in [0.3, 0.4) is 0 Å². The topological polar surface area (TPSA) is 65.1 Å². The minimum Gasteiger partial charge on any atom is -0.493 e. The van der Waals surface area contributed by atoms with Crippen molar-refractivity contribution >= 4 is 11.8 Å². The van der Waals surface area contributed by atoms with Crippen LogP contribution in [0.25, 0.3) is 0 Å². The van der Waals surface area contributed by atoms with Gasteiger partial charge in [-0.1, -0.05) is 18.2 Å². The van der Waals surface area contributed by atoms with Crippen LogP contribution in [-0.4, -0.2) is 49.7 Å². The minimum atomic E-state index is -0.335. The zero-order valence-electron chi connectivity index (χ0n) is 13.6. The van der Waals surface area contributed by atoms with Gasteiger partial charge >= 0.3 is 0 Å². The van der Waals surface area contributed by atoms with E-state index in [1.807, 2.05) is 30.4 Å². The fourth-order valence-corrected chi connectivity index (χ4v) is 3.86. The van der Waals surface area contributed by atoms with Crippen molar-refractivity contribution in [2.24, 2.45) is 11.8 Å². The molecule has 4 atom stereocenters. The van der Waals surface area contributed by atoms with E-state index in [0.29, 0.717) is 24.5 Å². The maximum Gasteiger partial charge on any atom is 0.236 e. The van der Waals surface area contributed by atoms with Crippen molar-refractivity contribution in [3.63, 3.8) is 0 Å². The van der Waals surface area contributed by atoms with Crippen molar-refractivity contribution < 1.29 is 23.8 Å². The molecule has 0 N–H and O–H groups in total. The molecule has 0 unspecified atom stereocenters. The van der Waals surface area contributed by atoms with E-state index >= 15 is 0 Å². The summed E-state index contributed by atoms with van der Waals surface area (Å²) in [6, 6.07) is 5.62. The Balaban J connectivity index is 1.47. The normalized spacial score (nSPS) is 30.2. The van der Waals surface area contributed by atoms with Gasteiger partial charge in [0.25, 0.3) is 0 Å². The number of hydrogen-bond donors (Lipinski definition) is 0. The summed E-state index contributed by atoms with van der Waals surface area (Å²) in [5, 5.41) is 0. The van der Waals surface area contributed by atoms with E-state index in [0.717, 1.165) is 5.56 Å². The summed E-state index contributed by atoms with van der Waals surface area (Å²) in [5.41, 5.74) is 0.989. The number of hydrogen-bond acceptors (Lipinski definition) is 5. The third-order valence-corrected chi connectivity index (χ3v) is 5.07. The molecule has 24 heavy (non-hydrogen) atoms. The molecule has 0 radical (unpaired) electrons. The molecule has 0 aliphatic carbocycles. The Labute approximate surface area is 140 Å². The number of fused-ring (bicyclic) bond motifs is 5. The smallest absolute Gasteiger partial charge is 0.236 e. The quantitative estimate of drug-likeness (QED) is 0.600. The van der Waals surface area contributed by atoms with Crippen LogP contribution in [0.1, 0.15) is 5.56 Å². The second-order valence-corrected chi connectivity index (χ2v) is 6.27. The highest BCUT2D eigenvalue weighted by molar-refractivity contribution is 6.06. The summed E-state index contributed by atoms with van der Waals surface area (Å²) in [4.78, 5) is 26.5. The molecular weight excluding hydrogens is 310 g/mol. The van der Waals surface area contributed by atoms with Gasteiger partial charge in [0.2, 0.25) is 11.8 Å². The largest absolute Gasteiger partial charge is 0.493 e. The third-order valence-electron chi connectivity index (χ3n) is 5.07. The molecule has 0 aromatic heterocycles. The molecule has 3 heterocycles. The Morgan fingerprint density at radius 2 is 1.62 bits per heavy atom. The highest BCUT2D eigenvalue weighted by atomic mass is 16.5. The lowest BCUT2D eigenvalue weighted by Crippen LogP contribution is -2.36. The summed E-state index contributed by atoms with van der Waals surface area (Å²) >= 11 is 0. The SMILES string of the molecule is COc1ccc(CCN2C(=O)[C@@H]3[C@@H](C2=O)[C@@H]2C=C[C@@H]3O2)cc1OC. The van der Waals surface area contributed by atoms with Gasteiger partial charge in [-0.25, -0.2) is 0 Å². The number of likely N-dealkylation sites (tertiary alicyclic amines) is 1. The van der Waals surface area contributed by atoms with Gasteiger partial charge in [0, 0.05) is 6.54 Å². The molecule has 3 aliphatic heterocycles. The minimum absolute atomic E-state index is 0.109.